The predicted octanol–water partition coefficient (Wildman–Crippen LogP) is 4.27. The van der Waals surface area contributed by atoms with Gasteiger partial charge in [-0.25, -0.2) is 9.59 Å². The molecule has 0 radical (unpaired) electrons. The van der Waals surface area contributed by atoms with Crippen LogP contribution in [0.5, 0.6) is 40.2 Å². The second kappa shape index (κ2) is 16.1. The second-order valence-electron chi connectivity index (χ2n) is 17.8. The van der Waals surface area contributed by atoms with Gasteiger partial charge in [0.05, 0.1) is 44.1 Å². The fraction of sp³-hybridized carbons (Fsp3) is 0.533. The molecule has 0 saturated carbocycles. The molecule has 7 aliphatic rings. The van der Waals surface area contributed by atoms with Gasteiger partial charge < -0.3 is 58.7 Å². The van der Waals surface area contributed by atoms with Gasteiger partial charge >= 0.3 is 18.0 Å². The molecule has 0 unspecified atom stereocenters. The van der Waals surface area contributed by atoms with Crippen molar-refractivity contribution in [2.24, 2.45) is 0 Å². The minimum Gasteiger partial charge on any atom is -0.504 e. The number of piperazine rings is 1. The van der Waals surface area contributed by atoms with Crippen LogP contribution in [0, 0.1) is 13.8 Å². The van der Waals surface area contributed by atoms with E-state index in [0.29, 0.717) is 81.7 Å². The number of fused-ring (bicyclic) bond motifs is 9. The van der Waals surface area contributed by atoms with Gasteiger partial charge in [-0.3, -0.25) is 15.0 Å². The highest BCUT2D eigenvalue weighted by Gasteiger charge is 2.60. The average Bonchev–Trinajstić information content (AvgIpc) is 3.73. The van der Waals surface area contributed by atoms with Crippen LogP contribution in [-0.4, -0.2) is 110 Å². The molecule has 17 nitrogen and oxygen atoms in total. The molecule has 63 heavy (non-hydrogen) atoms. The summed E-state index contributed by atoms with van der Waals surface area (Å²) in [6.45, 7) is 10.9. The molecule has 1 amide bonds. The molecule has 3 aromatic rings. The zero-order chi connectivity index (χ0) is 44.7. The molecule has 2 saturated heterocycles. The maximum atomic E-state index is 15.0. The number of alkyl carbamates (subject to hydrolysis) is 1. The van der Waals surface area contributed by atoms with Crippen LogP contribution in [0.3, 0.4) is 0 Å². The number of rotatable bonds is 7. The molecule has 5 N–H and O–H groups in total. The number of ether oxygens (including phenoxy) is 8. The van der Waals surface area contributed by atoms with Crippen LogP contribution >= 0.6 is 11.8 Å². The Morgan fingerprint density at radius 3 is 2.52 bits per heavy atom. The average molecular weight is 891 g/mol. The van der Waals surface area contributed by atoms with Gasteiger partial charge in [0.2, 0.25) is 6.79 Å². The van der Waals surface area contributed by atoms with E-state index in [4.69, 9.17) is 37.9 Å². The van der Waals surface area contributed by atoms with Crippen molar-refractivity contribution in [3.8, 4) is 40.2 Å². The Balaban J connectivity index is 1.16. The maximum Gasteiger partial charge on any atom is 0.407 e. The number of amides is 1. The Labute approximate surface area is 369 Å². The minimum atomic E-state index is -1.39. The van der Waals surface area contributed by atoms with Crippen molar-refractivity contribution < 1.29 is 62.5 Å². The number of phenols is 1. The molecule has 3 aromatic carbocycles. The highest BCUT2D eigenvalue weighted by atomic mass is 32.2. The van der Waals surface area contributed by atoms with E-state index in [1.54, 1.807) is 26.8 Å². The molecule has 18 heteroatoms. The molecule has 7 atom stereocenters. The third-order valence-corrected chi connectivity index (χ3v) is 14.2. The summed E-state index contributed by atoms with van der Waals surface area (Å²) in [6, 6.07) is 3.23. The summed E-state index contributed by atoms with van der Waals surface area (Å²) in [4.78, 5) is 42.2. The first-order valence-electron chi connectivity index (χ1n) is 21.2. The summed E-state index contributed by atoms with van der Waals surface area (Å²) < 4.78 is 47.9. The lowest BCUT2D eigenvalue weighted by molar-refractivity contribution is -0.164. The molecule has 10 rings (SSSR count). The lowest BCUT2D eigenvalue weighted by Gasteiger charge is -2.59. The number of phenolic OH excluding ortho intramolecular Hbond substituents is 1. The Morgan fingerprint density at radius 1 is 1.02 bits per heavy atom. The van der Waals surface area contributed by atoms with E-state index >= 15 is 0 Å². The fourth-order valence-electron chi connectivity index (χ4n) is 10.3. The first-order chi connectivity index (χ1) is 30.1. The number of nitrogens with one attached hydrogen (secondary N) is 3. The van der Waals surface area contributed by atoms with Crippen molar-refractivity contribution in [1.82, 2.24) is 20.9 Å². The summed E-state index contributed by atoms with van der Waals surface area (Å²) in [5.74, 6) is 1.43. The first-order valence-corrected chi connectivity index (χ1v) is 22.2. The second-order valence-corrected chi connectivity index (χ2v) is 18.9. The third kappa shape index (κ3) is 7.14. The number of carbonyl (C=O) groups is 3. The van der Waals surface area contributed by atoms with E-state index < -0.39 is 64.8 Å². The number of aliphatic hydroxyl groups is 1. The van der Waals surface area contributed by atoms with Crippen molar-refractivity contribution in [2.45, 2.75) is 101 Å². The van der Waals surface area contributed by atoms with Crippen LogP contribution in [0.25, 0.3) is 0 Å². The van der Waals surface area contributed by atoms with E-state index in [0.717, 1.165) is 16.7 Å². The number of aryl methyl sites for hydroxylation is 1. The molecule has 7 heterocycles. The number of nitrogens with zero attached hydrogens (tertiary/aromatic N) is 1. The Morgan fingerprint density at radius 2 is 1.79 bits per heavy atom. The monoisotopic (exact) mass is 890 g/mol. The molecular formula is C45H54N4O13S. The summed E-state index contributed by atoms with van der Waals surface area (Å²) in [5, 5.41) is 33.8. The van der Waals surface area contributed by atoms with Gasteiger partial charge in [0.25, 0.3) is 0 Å². The van der Waals surface area contributed by atoms with Gasteiger partial charge in [0.1, 0.15) is 30.8 Å². The largest absolute Gasteiger partial charge is 0.504 e. The Kier molecular flexibility index (Phi) is 11.0. The molecule has 4 bridgehead atoms. The van der Waals surface area contributed by atoms with E-state index in [9.17, 15) is 24.6 Å². The van der Waals surface area contributed by atoms with Crippen molar-refractivity contribution in [1.29, 1.82) is 0 Å². The van der Waals surface area contributed by atoms with E-state index in [-0.39, 0.29) is 38.1 Å². The minimum absolute atomic E-state index is 0.0107. The van der Waals surface area contributed by atoms with Crippen LogP contribution in [0.15, 0.2) is 18.2 Å². The maximum absolute atomic E-state index is 15.0. The van der Waals surface area contributed by atoms with Crippen molar-refractivity contribution in [2.75, 3.05) is 53.1 Å². The first kappa shape index (κ1) is 43.1. The number of methoxy groups -OCH3 is 2. The number of thioether (sulfide) groups is 1. The highest BCUT2D eigenvalue weighted by Crippen LogP contribution is 2.63. The van der Waals surface area contributed by atoms with Gasteiger partial charge in [-0.05, 0) is 81.8 Å². The zero-order valence-corrected chi connectivity index (χ0v) is 37.4. The summed E-state index contributed by atoms with van der Waals surface area (Å²) >= 11 is 1.45. The molecule has 7 aliphatic heterocycles. The van der Waals surface area contributed by atoms with Gasteiger partial charge in [0.15, 0.2) is 40.0 Å². The predicted molar refractivity (Wildman–Crippen MR) is 228 cm³/mol. The van der Waals surface area contributed by atoms with E-state index in [2.05, 4.69) is 16.0 Å². The van der Waals surface area contributed by atoms with Crippen LogP contribution < -0.4 is 44.4 Å². The number of carbonyl (C=O) groups excluding carboxylic acids is 3. The number of esters is 2. The van der Waals surface area contributed by atoms with Gasteiger partial charge in [-0.1, -0.05) is 6.07 Å². The van der Waals surface area contributed by atoms with Crippen molar-refractivity contribution in [3.63, 3.8) is 0 Å². The third-order valence-electron chi connectivity index (χ3n) is 12.8. The normalized spacial score (nSPS) is 26.7. The van der Waals surface area contributed by atoms with Crippen LogP contribution in [0.1, 0.15) is 89.5 Å². The molecule has 338 valence electrons. The molecule has 0 aliphatic carbocycles. The Hall–Kier alpha value is -5.14. The van der Waals surface area contributed by atoms with Crippen LogP contribution in [0.2, 0.25) is 0 Å². The van der Waals surface area contributed by atoms with Gasteiger partial charge in [-0.2, -0.15) is 0 Å². The van der Waals surface area contributed by atoms with Crippen LogP contribution in [-0.2, 0) is 37.4 Å². The smallest absolute Gasteiger partial charge is 0.407 e. The standard InChI is InChI=1S/C45H54N4O13S/c1-20-13-24-14-26-41(52)49-27-17-58-42(53)45(25-16-28(55-7)29(15-23(25)9-10-47-45)57-12-11-46-43(54)62-44(4,5)6)18-63-40(34(49)33(48-26)30(24)35(51)36(20)56-8)32-31(27)39-38(59-19-60-39)21(2)37(32)61-22(3)50/h13,15-16,26-27,33-34,40-41,47-48,51-52H,9-12,14,17-19H2,1-8H3,(H,46,54)/t26-,27-,33+,34+,40+,41-,45+/m0/s1. The lowest BCUT2D eigenvalue weighted by Crippen LogP contribution is -2.69. The lowest BCUT2D eigenvalue weighted by atomic mass is 9.74. The molecule has 1 spiro atoms. The van der Waals surface area contributed by atoms with E-state index in [1.165, 1.54) is 32.9 Å². The number of hydrogen-bond acceptors (Lipinski definition) is 17. The molecular weight excluding hydrogens is 837 g/mol. The number of aromatic hydroxyl groups is 1. The number of aliphatic hydroxyl groups excluding tert-OH is 1. The summed E-state index contributed by atoms with van der Waals surface area (Å²) in [6.07, 6.45) is -0.661. The van der Waals surface area contributed by atoms with Crippen LogP contribution in [0.4, 0.5) is 4.79 Å². The van der Waals surface area contributed by atoms with Gasteiger partial charge in [-0.15, -0.1) is 11.8 Å². The number of hydrogen-bond donors (Lipinski definition) is 5. The fourth-order valence-corrected chi connectivity index (χ4v) is 12.0. The SMILES string of the molecule is COc1cc2c(cc1OCCNC(=O)OC(C)(C)C)CCN[C@]21CS[C@@H]2c3c(OC(C)=O)c(C)c4c(c3[C@H](COC1=O)N1[C@@H]2[C@@H]2N[C@@H](Cc3cc(C)c(OC)c(O)c32)[C@@H]1O)OCO4. The summed E-state index contributed by atoms with van der Waals surface area (Å²) in [5.41, 5.74) is 3.60. The summed E-state index contributed by atoms with van der Waals surface area (Å²) in [7, 11) is 3.04. The molecule has 2 fully saturated rings. The molecule has 0 aromatic heterocycles. The van der Waals surface area contributed by atoms with Crippen molar-refractivity contribution in [3.05, 3.63) is 62.7 Å². The Bertz CT molecular complexity index is 2390. The van der Waals surface area contributed by atoms with Crippen molar-refractivity contribution >= 4 is 29.8 Å². The zero-order valence-electron chi connectivity index (χ0n) is 36.6. The van der Waals surface area contributed by atoms with E-state index in [1.807, 2.05) is 30.9 Å². The quantitative estimate of drug-likeness (QED) is 0.128. The topological polar surface area (TPSA) is 205 Å². The number of benzene rings is 3. The van der Waals surface area contributed by atoms with Gasteiger partial charge in [0, 0.05) is 47.5 Å². The highest BCUT2D eigenvalue weighted by molar-refractivity contribution is 7.99.